The third-order valence-corrected chi connectivity index (χ3v) is 2.92. The fourth-order valence-electron chi connectivity index (χ4n) is 2.08. The lowest BCUT2D eigenvalue weighted by Crippen LogP contribution is -2.31. The molecule has 0 radical (unpaired) electrons. The standard InChI is InChI=1S/C13H23N5O/c1-4-14-11-15-12(18-8-6-5-7-9-18)17-13(16-11)19-10(2)3/h10H,4-9H2,1-3H3,(H,14,15,16,17). The smallest absolute Gasteiger partial charge is 0.323 e. The maximum absolute atomic E-state index is 5.60. The van der Waals surface area contributed by atoms with Crippen molar-refractivity contribution >= 4 is 11.9 Å². The van der Waals surface area contributed by atoms with Gasteiger partial charge in [0.2, 0.25) is 11.9 Å². The minimum Gasteiger partial charge on any atom is -0.461 e. The van der Waals surface area contributed by atoms with Crippen LogP contribution in [0.4, 0.5) is 11.9 Å². The molecule has 0 unspecified atom stereocenters. The summed E-state index contributed by atoms with van der Waals surface area (Å²) in [6.07, 6.45) is 3.74. The van der Waals surface area contributed by atoms with Crippen LogP contribution in [0.5, 0.6) is 6.01 Å². The number of aromatic nitrogens is 3. The van der Waals surface area contributed by atoms with Crippen LogP contribution in [0.1, 0.15) is 40.0 Å². The number of piperidine rings is 1. The molecular formula is C13H23N5O. The van der Waals surface area contributed by atoms with Gasteiger partial charge in [-0.25, -0.2) is 0 Å². The first-order valence-corrected chi connectivity index (χ1v) is 7.10. The number of rotatable bonds is 5. The summed E-state index contributed by atoms with van der Waals surface area (Å²) in [5.74, 6) is 1.31. The highest BCUT2D eigenvalue weighted by Crippen LogP contribution is 2.19. The van der Waals surface area contributed by atoms with Crippen LogP contribution in [0.15, 0.2) is 0 Å². The largest absolute Gasteiger partial charge is 0.461 e. The van der Waals surface area contributed by atoms with E-state index in [1.54, 1.807) is 0 Å². The predicted molar refractivity (Wildman–Crippen MR) is 75.8 cm³/mol. The lowest BCUT2D eigenvalue weighted by molar-refractivity contribution is 0.222. The van der Waals surface area contributed by atoms with Gasteiger partial charge in [-0.1, -0.05) is 0 Å². The number of hydrogen-bond acceptors (Lipinski definition) is 6. The molecule has 19 heavy (non-hydrogen) atoms. The Bertz CT molecular complexity index is 404. The van der Waals surface area contributed by atoms with Crippen LogP contribution in [-0.2, 0) is 0 Å². The predicted octanol–water partition coefficient (Wildman–Crippen LogP) is 2.08. The first kappa shape index (κ1) is 13.8. The Balaban J connectivity index is 2.21. The third kappa shape index (κ3) is 3.94. The Morgan fingerprint density at radius 3 is 2.53 bits per heavy atom. The summed E-state index contributed by atoms with van der Waals surface area (Å²) >= 11 is 0. The SMILES string of the molecule is CCNc1nc(OC(C)C)nc(N2CCCCC2)n1. The van der Waals surface area contributed by atoms with Crippen LogP contribution in [-0.4, -0.2) is 40.7 Å². The second-order valence-electron chi connectivity index (χ2n) is 4.99. The number of anilines is 2. The molecule has 6 heteroatoms. The van der Waals surface area contributed by atoms with Crippen molar-refractivity contribution in [3.8, 4) is 6.01 Å². The Kier molecular flexibility index (Phi) is 4.76. The van der Waals surface area contributed by atoms with Crippen LogP contribution in [0.2, 0.25) is 0 Å². The molecule has 1 N–H and O–H groups in total. The van der Waals surface area contributed by atoms with Gasteiger partial charge in [0.05, 0.1) is 6.10 Å². The third-order valence-electron chi connectivity index (χ3n) is 2.92. The van der Waals surface area contributed by atoms with Crippen molar-refractivity contribution in [3.05, 3.63) is 0 Å². The van der Waals surface area contributed by atoms with Gasteiger partial charge in [-0.2, -0.15) is 15.0 Å². The molecule has 1 aliphatic rings. The van der Waals surface area contributed by atoms with Crippen molar-refractivity contribution in [1.29, 1.82) is 0 Å². The van der Waals surface area contributed by atoms with Crippen molar-refractivity contribution in [1.82, 2.24) is 15.0 Å². The first-order chi connectivity index (χ1) is 9.19. The normalized spacial score (nSPS) is 15.7. The van der Waals surface area contributed by atoms with Gasteiger partial charge < -0.3 is 15.0 Å². The maximum Gasteiger partial charge on any atom is 0.323 e. The van der Waals surface area contributed by atoms with Gasteiger partial charge >= 0.3 is 6.01 Å². The van der Waals surface area contributed by atoms with Gasteiger partial charge in [-0.3, -0.25) is 0 Å². The molecule has 1 saturated heterocycles. The summed E-state index contributed by atoms with van der Waals surface area (Å²) in [7, 11) is 0. The zero-order chi connectivity index (χ0) is 13.7. The molecule has 0 bridgehead atoms. The van der Waals surface area contributed by atoms with Gasteiger partial charge in [0.1, 0.15) is 0 Å². The summed E-state index contributed by atoms with van der Waals surface area (Å²) in [6, 6.07) is 0.404. The number of hydrogen-bond donors (Lipinski definition) is 1. The lowest BCUT2D eigenvalue weighted by Gasteiger charge is -2.27. The van der Waals surface area contributed by atoms with Crippen LogP contribution in [0.3, 0.4) is 0 Å². The Labute approximate surface area is 114 Å². The van der Waals surface area contributed by atoms with Crippen LogP contribution in [0.25, 0.3) is 0 Å². The molecule has 0 aliphatic carbocycles. The second-order valence-corrected chi connectivity index (χ2v) is 4.99. The molecule has 2 rings (SSSR count). The van der Waals surface area contributed by atoms with Gasteiger partial charge in [-0.15, -0.1) is 0 Å². The summed E-state index contributed by atoms with van der Waals surface area (Å²) in [5, 5.41) is 3.13. The maximum atomic E-state index is 5.60. The van der Waals surface area contributed by atoms with E-state index in [4.69, 9.17) is 4.74 Å². The molecule has 0 aromatic carbocycles. The summed E-state index contributed by atoms with van der Waals surface area (Å²) in [6.45, 7) is 8.76. The molecule has 0 amide bonds. The van der Waals surface area contributed by atoms with Crippen LogP contribution in [0, 0.1) is 0 Å². The highest BCUT2D eigenvalue weighted by molar-refractivity contribution is 5.38. The van der Waals surface area contributed by atoms with Crippen LogP contribution >= 0.6 is 0 Å². The lowest BCUT2D eigenvalue weighted by atomic mass is 10.1. The number of nitrogens with zero attached hydrogens (tertiary/aromatic N) is 4. The van der Waals surface area contributed by atoms with Crippen molar-refractivity contribution in [3.63, 3.8) is 0 Å². The highest BCUT2D eigenvalue weighted by Gasteiger charge is 2.17. The summed E-state index contributed by atoms with van der Waals surface area (Å²) in [5.41, 5.74) is 0. The quantitative estimate of drug-likeness (QED) is 0.879. The summed E-state index contributed by atoms with van der Waals surface area (Å²) < 4.78 is 5.60. The van der Waals surface area contributed by atoms with E-state index in [-0.39, 0.29) is 6.10 Å². The minimum absolute atomic E-state index is 0.0612. The van der Waals surface area contributed by atoms with E-state index in [2.05, 4.69) is 25.2 Å². The number of nitrogens with one attached hydrogen (secondary N) is 1. The van der Waals surface area contributed by atoms with Gasteiger partial charge in [0, 0.05) is 19.6 Å². The van der Waals surface area contributed by atoms with Crippen molar-refractivity contribution in [2.24, 2.45) is 0 Å². The molecule has 1 aliphatic heterocycles. The summed E-state index contributed by atoms with van der Waals surface area (Å²) in [4.78, 5) is 15.4. The van der Waals surface area contributed by atoms with E-state index in [9.17, 15) is 0 Å². The molecule has 1 fully saturated rings. The van der Waals surface area contributed by atoms with Gasteiger partial charge in [0.25, 0.3) is 0 Å². The Hall–Kier alpha value is -1.59. The average molecular weight is 265 g/mol. The molecule has 0 spiro atoms. The average Bonchev–Trinajstić information content (AvgIpc) is 2.39. The van der Waals surface area contributed by atoms with Crippen molar-refractivity contribution in [2.75, 3.05) is 29.9 Å². The Morgan fingerprint density at radius 1 is 1.16 bits per heavy atom. The molecule has 1 aromatic heterocycles. The van der Waals surface area contributed by atoms with E-state index in [0.29, 0.717) is 12.0 Å². The molecule has 106 valence electrons. The zero-order valence-electron chi connectivity index (χ0n) is 12.0. The monoisotopic (exact) mass is 265 g/mol. The molecular weight excluding hydrogens is 242 g/mol. The van der Waals surface area contributed by atoms with E-state index in [0.717, 1.165) is 25.6 Å². The highest BCUT2D eigenvalue weighted by atomic mass is 16.5. The molecule has 0 atom stereocenters. The first-order valence-electron chi connectivity index (χ1n) is 7.10. The fraction of sp³-hybridized carbons (Fsp3) is 0.769. The minimum atomic E-state index is 0.0612. The molecule has 6 nitrogen and oxygen atoms in total. The van der Waals surface area contributed by atoms with Crippen LogP contribution < -0.4 is 15.0 Å². The van der Waals surface area contributed by atoms with Crippen molar-refractivity contribution < 1.29 is 4.74 Å². The Morgan fingerprint density at radius 2 is 1.89 bits per heavy atom. The van der Waals surface area contributed by atoms with E-state index in [1.807, 2.05) is 20.8 Å². The molecule has 0 saturated carbocycles. The second kappa shape index (κ2) is 6.54. The number of ether oxygens (including phenoxy) is 1. The van der Waals surface area contributed by atoms with Gasteiger partial charge in [-0.05, 0) is 40.0 Å². The van der Waals surface area contributed by atoms with E-state index < -0.39 is 0 Å². The fourth-order valence-corrected chi connectivity index (χ4v) is 2.08. The van der Waals surface area contributed by atoms with E-state index >= 15 is 0 Å². The van der Waals surface area contributed by atoms with Gasteiger partial charge in [0.15, 0.2) is 0 Å². The zero-order valence-corrected chi connectivity index (χ0v) is 12.0. The van der Waals surface area contributed by atoms with E-state index in [1.165, 1.54) is 19.3 Å². The molecule has 2 heterocycles. The topological polar surface area (TPSA) is 63.2 Å². The van der Waals surface area contributed by atoms with Crippen molar-refractivity contribution in [2.45, 2.75) is 46.1 Å². The molecule has 1 aromatic rings.